The molecule has 1 aromatic rings. The summed E-state index contributed by atoms with van der Waals surface area (Å²) in [5, 5.41) is 11.7. The summed E-state index contributed by atoms with van der Waals surface area (Å²) in [5.74, 6) is -1.97. The molecule has 1 heterocycles. The van der Waals surface area contributed by atoms with Crippen molar-refractivity contribution in [2.75, 3.05) is 34.0 Å². The molecule has 13 heteroatoms. The largest absolute Gasteiger partial charge is 0.458 e. The van der Waals surface area contributed by atoms with Crippen LogP contribution in [0.1, 0.15) is 38.7 Å². The molecule has 0 aromatic heterocycles. The minimum absolute atomic E-state index is 0.0632. The fourth-order valence-electron chi connectivity index (χ4n) is 3.33. The van der Waals surface area contributed by atoms with Gasteiger partial charge in [-0.1, -0.05) is 17.4 Å². The Labute approximate surface area is 191 Å². The number of hydrogen-bond donors (Lipinski definition) is 0. The molecule has 0 spiro atoms. The molecular weight excluding hydrogens is 459 g/mol. The molecule has 0 unspecified atom stereocenters. The number of benzene rings is 1. The highest BCUT2D eigenvalue weighted by Crippen LogP contribution is 2.63. The summed E-state index contributed by atoms with van der Waals surface area (Å²) in [6.07, 6.45) is -0.734. The number of ether oxygens (including phenoxy) is 2. The molecule has 0 fully saturated rings. The van der Waals surface area contributed by atoms with Gasteiger partial charge < -0.3 is 18.5 Å². The second kappa shape index (κ2) is 12.2. The maximum absolute atomic E-state index is 13.6. The first-order valence-electron chi connectivity index (χ1n) is 10.3. The maximum atomic E-state index is 13.6. The summed E-state index contributed by atoms with van der Waals surface area (Å²) in [4.78, 5) is 34.4. The fraction of sp³-hybridized carbons (Fsp3) is 0.550. The Bertz CT molecular complexity index is 891. The summed E-state index contributed by atoms with van der Waals surface area (Å²) < 4.78 is 35.4. The van der Waals surface area contributed by atoms with Gasteiger partial charge in [0.05, 0.1) is 23.5 Å². The van der Waals surface area contributed by atoms with E-state index in [1.165, 1.54) is 38.5 Å². The molecule has 184 valence electrons. The van der Waals surface area contributed by atoms with Gasteiger partial charge in [0.15, 0.2) is 0 Å². The van der Waals surface area contributed by atoms with Gasteiger partial charge in [-0.25, -0.2) is 9.68 Å². The Morgan fingerprint density at radius 1 is 1.12 bits per heavy atom. The zero-order valence-electron chi connectivity index (χ0n) is 19.2. The van der Waals surface area contributed by atoms with E-state index in [1.807, 2.05) is 0 Å². The number of carbonyl (C=O) groups is 1. The molecule has 0 aliphatic carbocycles. The Balaban J connectivity index is 2.72. The van der Waals surface area contributed by atoms with Gasteiger partial charge in [0.2, 0.25) is 12.0 Å². The average Bonchev–Trinajstić information content (AvgIpc) is 2.82. The maximum Gasteiger partial charge on any atom is 0.361 e. The van der Waals surface area contributed by atoms with E-state index < -0.39 is 30.6 Å². The van der Waals surface area contributed by atoms with Crippen molar-refractivity contribution in [1.29, 1.82) is 0 Å². The summed E-state index contributed by atoms with van der Waals surface area (Å²) in [6, 6.07) is 5.66. The fourth-order valence-corrected chi connectivity index (χ4v) is 4.91. The Hall–Kier alpha value is -2.34. The van der Waals surface area contributed by atoms with E-state index in [0.29, 0.717) is 10.8 Å². The average molecular weight is 488 g/mol. The lowest BCUT2D eigenvalue weighted by molar-refractivity contribution is -0.384. The van der Waals surface area contributed by atoms with Gasteiger partial charge in [0, 0.05) is 45.3 Å². The van der Waals surface area contributed by atoms with Gasteiger partial charge in [0.1, 0.15) is 0 Å². The molecule has 1 amide bonds. The lowest BCUT2D eigenvalue weighted by Crippen LogP contribution is -2.38. The SMILES string of the molecule is CCO[C@@H]1C[C@@H](c2ccc([N+](=O)[O-])cc2)C(P(=O)(OC)OC)=C(C(=O)N(OCC)OCC)O1. The summed E-state index contributed by atoms with van der Waals surface area (Å²) >= 11 is 0. The minimum Gasteiger partial charge on any atom is -0.458 e. The van der Waals surface area contributed by atoms with Crippen molar-refractivity contribution < 1.29 is 42.5 Å². The van der Waals surface area contributed by atoms with Crippen molar-refractivity contribution in [2.24, 2.45) is 0 Å². The number of hydrogen-bond acceptors (Lipinski definition) is 10. The van der Waals surface area contributed by atoms with Crippen molar-refractivity contribution in [3.05, 3.63) is 51.0 Å². The van der Waals surface area contributed by atoms with E-state index in [0.717, 1.165) is 0 Å². The number of nitro groups is 1. The minimum atomic E-state index is -4.04. The van der Waals surface area contributed by atoms with Gasteiger partial charge >= 0.3 is 13.5 Å². The normalized spacial score (nSPS) is 18.7. The smallest absolute Gasteiger partial charge is 0.361 e. The van der Waals surface area contributed by atoms with Gasteiger partial charge in [-0.3, -0.25) is 19.5 Å². The zero-order valence-corrected chi connectivity index (χ0v) is 20.1. The van der Waals surface area contributed by atoms with E-state index in [2.05, 4.69) is 0 Å². The highest BCUT2D eigenvalue weighted by Gasteiger charge is 2.47. The Morgan fingerprint density at radius 2 is 1.70 bits per heavy atom. The van der Waals surface area contributed by atoms with Crippen LogP contribution in [-0.2, 0) is 37.6 Å². The third-order valence-electron chi connectivity index (χ3n) is 4.73. The Kier molecular flexibility index (Phi) is 9.96. The van der Waals surface area contributed by atoms with Crippen molar-refractivity contribution >= 4 is 19.2 Å². The van der Waals surface area contributed by atoms with Crippen molar-refractivity contribution in [3.63, 3.8) is 0 Å². The molecule has 0 saturated heterocycles. The van der Waals surface area contributed by atoms with E-state index in [9.17, 15) is 19.5 Å². The van der Waals surface area contributed by atoms with Gasteiger partial charge in [-0.15, -0.1) is 0 Å². The van der Waals surface area contributed by atoms with Crippen LogP contribution in [0.25, 0.3) is 0 Å². The molecule has 0 radical (unpaired) electrons. The van der Waals surface area contributed by atoms with Crippen LogP contribution in [0.3, 0.4) is 0 Å². The number of non-ortho nitro benzene ring substituents is 1. The predicted molar refractivity (Wildman–Crippen MR) is 116 cm³/mol. The molecule has 0 saturated carbocycles. The second-order valence-electron chi connectivity index (χ2n) is 6.61. The number of hydroxylamine groups is 2. The number of allylic oxidation sites excluding steroid dienone is 1. The monoisotopic (exact) mass is 488 g/mol. The Morgan fingerprint density at radius 3 is 2.15 bits per heavy atom. The lowest BCUT2D eigenvalue weighted by Gasteiger charge is -2.36. The third-order valence-corrected chi connectivity index (χ3v) is 6.79. The quantitative estimate of drug-likeness (QED) is 0.242. The molecule has 12 nitrogen and oxygen atoms in total. The van der Waals surface area contributed by atoms with Crippen LogP contribution < -0.4 is 0 Å². The highest BCUT2D eigenvalue weighted by atomic mass is 31.2. The first-order chi connectivity index (χ1) is 15.8. The number of nitrogens with zero attached hydrogens (tertiary/aromatic N) is 2. The van der Waals surface area contributed by atoms with Crippen LogP contribution in [0.4, 0.5) is 5.69 Å². The number of rotatable bonds is 12. The molecule has 1 aliphatic heterocycles. The molecule has 0 bridgehead atoms. The van der Waals surface area contributed by atoms with Gasteiger partial charge in [0.25, 0.3) is 5.69 Å². The van der Waals surface area contributed by atoms with E-state index >= 15 is 0 Å². The molecule has 2 atom stereocenters. The first-order valence-corrected chi connectivity index (χ1v) is 11.9. The van der Waals surface area contributed by atoms with E-state index in [-0.39, 0.29) is 43.0 Å². The van der Waals surface area contributed by atoms with Crippen LogP contribution in [0.5, 0.6) is 0 Å². The van der Waals surface area contributed by atoms with Crippen LogP contribution in [0.15, 0.2) is 35.3 Å². The zero-order chi connectivity index (χ0) is 24.6. The summed E-state index contributed by atoms with van der Waals surface area (Å²) in [6.45, 7) is 5.58. The van der Waals surface area contributed by atoms with Gasteiger partial charge in [-0.05, 0) is 26.3 Å². The molecular formula is C20H29N2O10P. The molecule has 2 rings (SSSR count). The van der Waals surface area contributed by atoms with Gasteiger partial charge in [-0.2, -0.15) is 0 Å². The van der Waals surface area contributed by atoms with Crippen molar-refractivity contribution in [2.45, 2.75) is 39.4 Å². The molecule has 1 aliphatic rings. The molecule has 1 aromatic carbocycles. The highest BCUT2D eigenvalue weighted by molar-refractivity contribution is 7.58. The van der Waals surface area contributed by atoms with Crippen molar-refractivity contribution in [1.82, 2.24) is 5.23 Å². The number of amides is 1. The molecule has 0 N–H and O–H groups in total. The first kappa shape index (κ1) is 26.9. The summed E-state index contributed by atoms with van der Waals surface area (Å²) in [7, 11) is -1.67. The third kappa shape index (κ3) is 6.17. The number of carbonyl (C=O) groups excluding carboxylic acids is 1. The second-order valence-corrected chi connectivity index (χ2v) is 8.82. The van der Waals surface area contributed by atoms with Crippen LogP contribution in [0, 0.1) is 10.1 Å². The van der Waals surface area contributed by atoms with Crippen LogP contribution in [0.2, 0.25) is 0 Å². The van der Waals surface area contributed by atoms with Crippen LogP contribution >= 0.6 is 7.60 Å². The number of nitro benzene ring substituents is 1. The molecule has 33 heavy (non-hydrogen) atoms. The summed E-state index contributed by atoms with van der Waals surface area (Å²) in [5.41, 5.74) is 0.414. The van der Waals surface area contributed by atoms with Crippen LogP contribution in [-0.4, -0.2) is 56.4 Å². The topological polar surface area (TPSA) is 136 Å². The standard InChI is InChI=1S/C20H29N2O10P/c1-6-29-17-13-16(14-9-11-15(12-10-14)21(24)25)19(33(26,27-4)28-5)18(32-17)20(23)22(30-7-2)31-8-3/h9-12,16-17H,6-8,13H2,1-5H3/t16-,17-/m0/s1. The van der Waals surface area contributed by atoms with E-state index in [4.69, 9.17) is 28.2 Å². The lowest BCUT2D eigenvalue weighted by atomic mass is 9.92. The van der Waals surface area contributed by atoms with Crippen molar-refractivity contribution in [3.8, 4) is 0 Å². The van der Waals surface area contributed by atoms with E-state index in [1.54, 1.807) is 20.8 Å². The predicted octanol–water partition coefficient (Wildman–Crippen LogP) is 3.89.